The molecule has 0 spiro atoms. The van der Waals surface area contributed by atoms with Crippen LogP contribution < -0.4 is 4.74 Å². The summed E-state index contributed by atoms with van der Waals surface area (Å²) in [6.45, 7) is 3.28. The van der Waals surface area contributed by atoms with Gasteiger partial charge in [0.2, 0.25) is 20.0 Å². The summed E-state index contributed by atoms with van der Waals surface area (Å²) in [4.78, 5) is -0.00334. The van der Waals surface area contributed by atoms with Crippen molar-refractivity contribution in [1.29, 1.82) is 0 Å². The van der Waals surface area contributed by atoms with Gasteiger partial charge in [0.15, 0.2) is 0 Å². The third-order valence-electron chi connectivity index (χ3n) is 5.78. The molecule has 10 heteroatoms. The molecule has 0 bridgehead atoms. The molecule has 1 aliphatic rings. The Morgan fingerprint density at radius 3 is 2.44 bits per heavy atom. The van der Waals surface area contributed by atoms with Crippen molar-refractivity contribution in [3.05, 3.63) is 48.5 Å². The summed E-state index contributed by atoms with van der Waals surface area (Å²) in [6.07, 6.45) is 0.524. The summed E-state index contributed by atoms with van der Waals surface area (Å²) >= 11 is 0. The third-order valence-corrected chi connectivity index (χ3v) is 9.08. The van der Waals surface area contributed by atoms with Gasteiger partial charge >= 0.3 is 0 Å². The molecular formula is C22H30N2O6S2. The smallest absolute Gasteiger partial charge is 0.247 e. The fourth-order valence-corrected chi connectivity index (χ4v) is 5.89. The van der Waals surface area contributed by atoms with Crippen LogP contribution in [0.2, 0.25) is 0 Å². The van der Waals surface area contributed by atoms with Gasteiger partial charge in [-0.1, -0.05) is 43.3 Å². The highest BCUT2D eigenvalue weighted by Gasteiger charge is 2.38. The second-order valence-corrected chi connectivity index (χ2v) is 12.3. The summed E-state index contributed by atoms with van der Waals surface area (Å²) in [5.74, 6) is -0.170. The molecule has 0 fully saturated rings. The standard InChI is InChI=1S/C22H30N2O6S2/c1-16-13-24(17(2)15-25)32(28,29)22-11-10-19(18-8-6-5-7-9-18)12-20(22)30-21(16)14-23(3)31(4,26)27/h5-12,16-17,21,25H,13-15H2,1-4H3/t16-,17+,21+/m0/s1. The molecular weight excluding hydrogens is 452 g/mol. The first-order valence-corrected chi connectivity index (χ1v) is 13.6. The second-order valence-electron chi connectivity index (χ2n) is 8.31. The largest absolute Gasteiger partial charge is 0.487 e. The van der Waals surface area contributed by atoms with E-state index in [2.05, 4.69) is 0 Å². The van der Waals surface area contributed by atoms with E-state index in [-0.39, 0.29) is 36.3 Å². The Balaban J connectivity index is 2.14. The highest BCUT2D eigenvalue weighted by molar-refractivity contribution is 7.89. The maximum absolute atomic E-state index is 13.5. The molecule has 2 aromatic rings. The molecule has 0 aromatic heterocycles. The van der Waals surface area contributed by atoms with Gasteiger partial charge in [0, 0.05) is 25.6 Å². The number of nitrogens with zero attached hydrogens (tertiary/aromatic N) is 2. The maximum Gasteiger partial charge on any atom is 0.247 e. The second kappa shape index (κ2) is 9.48. The van der Waals surface area contributed by atoms with E-state index in [9.17, 15) is 21.9 Å². The van der Waals surface area contributed by atoms with E-state index in [1.165, 1.54) is 21.7 Å². The van der Waals surface area contributed by atoms with Crippen LogP contribution >= 0.6 is 0 Å². The van der Waals surface area contributed by atoms with Crippen LogP contribution in [0.5, 0.6) is 5.75 Å². The number of sulfonamides is 2. The lowest BCUT2D eigenvalue weighted by molar-refractivity contribution is 0.0906. The SMILES string of the molecule is C[C@H](CO)N1C[C@H](C)[C@@H](CN(C)S(C)(=O)=O)Oc2cc(-c3ccccc3)ccc2S1(=O)=O. The number of ether oxygens (including phenoxy) is 1. The molecule has 1 N–H and O–H groups in total. The molecule has 8 nitrogen and oxygen atoms in total. The molecule has 2 aromatic carbocycles. The zero-order chi connectivity index (χ0) is 23.7. The van der Waals surface area contributed by atoms with Crippen LogP contribution in [0.4, 0.5) is 0 Å². The summed E-state index contributed by atoms with van der Waals surface area (Å²) in [5, 5.41) is 9.70. The van der Waals surface area contributed by atoms with E-state index in [0.29, 0.717) is 0 Å². The van der Waals surface area contributed by atoms with Crippen LogP contribution in [0, 0.1) is 5.92 Å². The predicted octanol–water partition coefficient (Wildman–Crippen LogP) is 2.01. The van der Waals surface area contributed by atoms with E-state index in [0.717, 1.165) is 17.4 Å². The van der Waals surface area contributed by atoms with Crippen LogP contribution in [0.15, 0.2) is 53.4 Å². The first-order chi connectivity index (χ1) is 14.9. The van der Waals surface area contributed by atoms with Crippen molar-refractivity contribution in [2.45, 2.75) is 30.9 Å². The molecule has 0 saturated heterocycles. The normalized spacial score (nSPS) is 22.4. The highest BCUT2D eigenvalue weighted by Crippen LogP contribution is 2.36. The Morgan fingerprint density at radius 2 is 1.84 bits per heavy atom. The van der Waals surface area contributed by atoms with Gasteiger partial charge in [0.25, 0.3) is 0 Å². The molecule has 1 aliphatic heterocycles. The average molecular weight is 483 g/mol. The van der Waals surface area contributed by atoms with Gasteiger partial charge in [-0.25, -0.2) is 21.1 Å². The molecule has 176 valence electrons. The van der Waals surface area contributed by atoms with E-state index >= 15 is 0 Å². The van der Waals surface area contributed by atoms with Crippen molar-refractivity contribution >= 4 is 20.0 Å². The molecule has 1 heterocycles. The summed E-state index contributed by atoms with van der Waals surface area (Å²) in [5.41, 5.74) is 1.68. The Labute approximate surface area is 190 Å². The molecule has 0 radical (unpaired) electrons. The minimum absolute atomic E-state index is 0.00334. The van der Waals surface area contributed by atoms with Gasteiger partial charge in [-0.2, -0.15) is 4.31 Å². The number of benzene rings is 2. The minimum Gasteiger partial charge on any atom is -0.487 e. The number of hydrogen-bond donors (Lipinski definition) is 1. The van der Waals surface area contributed by atoms with Crippen molar-refractivity contribution in [2.75, 3.05) is 33.0 Å². The molecule has 3 rings (SSSR count). The van der Waals surface area contributed by atoms with Crippen molar-refractivity contribution < 1.29 is 26.7 Å². The van der Waals surface area contributed by atoms with Gasteiger partial charge in [0.05, 0.1) is 19.4 Å². The van der Waals surface area contributed by atoms with Crippen molar-refractivity contribution in [2.24, 2.45) is 5.92 Å². The number of rotatable bonds is 6. The van der Waals surface area contributed by atoms with Gasteiger partial charge in [0.1, 0.15) is 16.7 Å². The summed E-state index contributed by atoms with van der Waals surface area (Å²) in [7, 11) is -5.93. The monoisotopic (exact) mass is 482 g/mol. The van der Waals surface area contributed by atoms with E-state index in [4.69, 9.17) is 4.74 Å². The van der Waals surface area contributed by atoms with E-state index in [1.54, 1.807) is 19.1 Å². The fraction of sp³-hybridized carbons (Fsp3) is 0.455. The molecule has 0 aliphatic carbocycles. The number of aliphatic hydroxyl groups is 1. The Hall–Kier alpha value is -1.98. The van der Waals surface area contributed by atoms with Crippen molar-refractivity contribution in [3.8, 4) is 16.9 Å². The number of aliphatic hydroxyl groups excluding tert-OH is 1. The van der Waals surface area contributed by atoms with Gasteiger partial charge in [-0.05, 0) is 30.2 Å². The first-order valence-electron chi connectivity index (χ1n) is 10.3. The Kier molecular flexibility index (Phi) is 7.31. The van der Waals surface area contributed by atoms with Crippen LogP contribution in [0.3, 0.4) is 0 Å². The zero-order valence-corrected chi connectivity index (χ0v) is 20.3. The average Bonchev–Trinajstić information content (AvgIpc) is 2.75. The molecule has 0 amide bonds. The lowest BCUT2D eigenvalue weighted by Gasteiger charge is -2.37. The first kappa shape index (κ1) is 24.7. The van der Waals surface area contributed by atoms with Gasteiger partial charge < -0.3 is 9.84 Å². The van der Waals surface area contributed by atoms with E-state index in [1.807, 2.05) is 37.3 Å². The van der Waals surface area contributed by atoms with Gasteiger partial charge in [-0.15, -0.1) is 0 Å². The lowest BCUT2D eigenvalue weighted by Crippen LogP contribution is -2.50. The quantitative estimate of drug-likeness (QED) is 0.676. The topological polar surface area (TPSA) is 104 Å². The molecule has 3 atom stereocenters. The maximum atomic E-state index is 13.5. The van der Waals surface area contributed by atoms with Crippen LogP contribution in [0.25, 0.3) is 11.1 Å². The van der Waals surface area contributed by atoms with Crippen LogP contribution in [-0.2, 0) is 20.0 Å². The Bertz CT molecular complexity index is 1150. The number of hydrogen-bond acceptors (Lipinski definition) is 6. The van der Waals surface area contributed by atoms with Crippen LogP contribution in [-0.4, -0.2) is 75.7 Å². The van der Waals surface area contributed by atoms with E-state index < -0.39 is 32.2 Å². The van der Waals surface area contributed by atoms with Crippen LogP contribution in [0.1, 0.15) is 13.8 Å². The summed E-state index contributed by atoms with van der Waals surface area (Å²) < 4.78 is 59.7. The third kappa shape index (κ3) is 5.15. The fourth-order valence-electron chi connectivity index (χ4n) is 3.64. The van der Waals surface area contributed by atoms with Crippen molar-refractivity contribution in [3.63, 3.8) is 0 Å². The highest BCUT2D eigenvalue weighted by atomic mass is 32.2. The van der Waals surface area contributed by atoms with Gasteiger partial charge in [-0.3, -0.25) is 0 Å². The number of likely N-dealkylation sites (N-methyl/N-ethyl adjacent to an activating group) is 1. The lowest BCUT2D eigenvalue weighted by atomic mass is 10.0. The zero-order valence-electron chi connectivity index (χ0n) is 18.7. The predicted molar refractivity (Wildman–Crippen MR) is 123 cm³/mol. The number of fused-ring (bicyclic) bond motifs is 1. The molecule has 32 heavy (non-hydrogen) atoms. The molecule has 0 unspecified atom stereocenters. The summed E-state index contributed by atoms with van der Waals surface area (Å²) in [6, 6.07) is 13.8. The minimum atomic E-state index is -3.95. The Morgan fingerprint density at radius 1 is 1.19 bits per heavy atom. The molecule has 0 saturated carbocycles. The van der Waals surface area contributed by atoms with Crippen molar-refractivity contribution in [1.82, 2.24) is 8.61 Å².